The van der Waals surface area contributed by atoms with Gasteiger partial charge in [-0.05, 0) is 0 Å². The van der Waals surface area contributed by atoms with Crippen LogP contribution in [0.3, 0.4) is 0 Å². The molecule has 0 heterocycles. The van der Waals surface area contributed by atoms with E-state index in [0.717, 1.165) is 41.5 Å². The van der Waals surface area contributed by atoms with Crippen LogP contribution in [0.2, 0.25) is 0 Å². The Labute approximate surface area is 171 Å². The summed E-state index contributed by atoms with van der Waals surface area (Å²) in [7, 11) is 0. The average Bonchev–Trinajstić information content (AvgIpc) is 2.08. The van der Waals surface area contributed by atoms with Gasteiger partial charge >= 0.3 is 0 Å². The molecule has 0 aliphatic carbocycles. The minimum atomic E-state index is -0.833. The van der Waals surface area contributed by atoms with Crippen LogP contribution in [-0.4, -0.2) is 66.5 Å². The Morgan fingerprint density at radius 1 is 0.346 bits per heavy atom. The molecule has 0 atom stereocenters. The van der Waals surface area contributed by atoms with Gasteiger partial charge in [0, 0.05) is 75.7 Å². The minimum absolute atomic E-state index is 0. The summed E-state index contributed by atoms with van der Waals surface area (Å²) in [6.07, 6.45) is 0. The third kappa shape index (κ3) is 2070. The molecule has 0 bridgehead atoms. The number of aliphatic carboxylic acids is 6. The first kappa shape index (κ1) is 49.6. The Morgan fingerprint density at radius 3 is 0.346 bits per heavy atom. The van der Waals surface area contributed by atoms with Crippen LogP contribution in [0.4, 0.5) is 0 Å². The van der Waals surface area contributed by atoms with Crippen LogP contribution >= 0.6 is 0 Å². The molecular weight excluding hydrogens is 448 g/mol. The number of carbonyl (C=O) groups is 6. The van der Waals surface area contributed by atoms with E-state index in [-0.39, 0.29) is 34.1 Å². The Hall–Kier alpha value is -2.14. The SMILES string of the molecule is CC(=O)O.CC(=O)O.CC(=O)O.CC(=O)O.CC(=O)O.CC(=O)O.[Fe].[Fe]. The third-order valence-corrected chi connectivity index (χ3v) is 0. The third-order valence-electron chi connectivity index (χ3n) is 0. The molecule has 0 saturated heterocycles. The zero-order valence-corrected chi connectivity index (χ0v) is 17.0. The Balaban J connectivity index is -0.0000000245. The molecule has 0 aromatic carbocycles. The predicted octanol–water partition coefficient (Wildman–Crippen LogP) is 0.540. The molecule has 0 aliphatic rings. The van der Waals surface area contributed by atoms with Crippen molar-refractivity contribution >= 4 is 35.8 Å². The van der Waals surface area contributed by atoms with Gasteiger partial charge in [-0.1, -0.05) is 0 Å². The number of carboxylic acid groups (broad SMARTS) is 6. The van der Waals surface area contributed by atoms with Gasteiger partial charge in [-0.2, -0.15) is 0 Å². The number of carboxylic acids is 6. The molecule has 0 aliphatic heterocycles. The summed E-state index contributed by atoms with van der Waals surface area (Å²) in [4.78, 5) is 54.0. The van der Waals surface area contributed by atoms with Gasteiger partial charge in [0.15, 0.2) is 0 Å². The van der Waals surface area contributed by atoms with Crippen molar-refractivity contribution in [1.82, 2.24) is 0 Å². The molecule has 0 amide bonds. The largest absolute Gasteiger partial charge is 0.481 e. The molecule has 26 heavy (non-hydrogen) atoms. The van der Waals surface area contributed by atoms with Gasteiger partial charge in [0.2, 0.25) is 0 Å². The quantitative estimate of drug-likeness (QED) is 0.266. The molecule has 0 aromatic rings. The van der Waals surface area contributed by atoms with Crippen molar-refractivity contribution in [3.8, 4) is 0 Å². The van der Waals surface area contributed by atoms with E-state index in [1.165, 1.54) is 0 Å². The number of hydrogen-bond acceptors (Lipinski definition) is 6. The van der Waals surface area contributed by atoms with Crippen LogP contribution in [0.15, 0.2) is 0 Å². The minimum Gasteiger partial charge on any atom is -0.481 e. The zero-order chi connectivity index (χ0) is 21.5. The molecule has 0 unspecified atom stereocenters. The molecule has 0 fully saturated rings. The van der Waals surface area contributed by atoms with E-state index in [9.17, 15) is 0 Å². The fourth-order valence-corrected chi connectivity index (χ4v) is 0. The smallest absolute Gasteiger partial charge is 0.300 e. The standard InChI is InChI=1S/6C2H4O2.2Fe/c6*1-2(3)4;;/h6*1H3,(H,3,4);;. The topological polar surface area (TPSA) is 224 Å². The van der Waals surface area contributed by atoms with E-state index in [0.29, 0.717) is 0 Å². The first-order valence-corrected chi connectivity index (χ1v) is 5.57. The fourth-order valence-electron chi connectivity index (χ4n) is 0. The van der Waals surface area contributed by atoms with Crippen LogP contribution in [-0.2, 0) is 62.9 Å². The summed E-state index contributed by atoms with van der Waals surface area (Å²) in [5, 5.41) is 44.5. The van der Waals surface area contributed by atoms with Gasteiger partial charge in [0.05, 0.1) is 0 Å². The molecule has 0 aromatic heterocycles. The van der Waals surface area contributed by atoms with E-state index in [1.807, 2.05) is 0 Å². The van der Waals surface area contributed by atoms with Crippen LogP contribution < -0.4 is 0 Å². The average molecular weight is 472 g/mol. The molecule has 14 heteroatoms. The summed E-state index contributed by atoms with van der Waals surface area (Å²) < 4.78 is 0. The van der Waals surface area contributed by atoms with Crippen LogP contribution in [0, 0.1) is 0 Å². The monoisotopic (exact) mass is 472 g/mol. The molecule has 0 saturated carbocycles. The number of rotatable bonds is 0. The van der Waals surface area contributed by atoms with Gasteiger partial charge in [0.25, 0.3) is 35.8 Å². The van der Waals surface area contributed by atoms with Gasteiger partial charge in [0.1, 0.15) is 0 Å². The van der Waals surface area contributed by atoms with Crippen molar-refractivity contribution in [1.29, 1.82) is 0 Å². The van der Waals surface area contributed by atoms with Crippen molar-refractivity contribution < 1.29 is 93.5 Å². The molecule has 12 nitrogen and oxygen atoms in total. The van der Waals surface area contributed by atoms with Crippen LogP contribution in [0.5, 0.6) is 0 Å². The second-order valence-electron chi connectivity index (χ2n) is 3.11. The molecule has 0 radical (unpaired) electrons. The van der Waals surface area contributed by atoms with Crippen molar-refractivity contribution in [2.75, 3.05) is 0 Å². The van der Waals surface area contributed by atoms with Crippen molar-refractivity contribution in [3.05, 3.63) is 0 Å². The normalized spacial score (nSPS) is 5.77. The maximum absolute atomic E-state index is 9.00. The maximum Gasteiger partial charge on any atom is 0.300 e. The van der Waals surface area contributed by atoms with Crippen LogP contribution in [0.25, 0.3) is 0 Å². The summed E-state index contributed by atoms with van der Waals surface area (Å²) >= 11 is 0. The molecule has 0 spiro atoms. The van der Waals surface area contributed by atoms with Crippen molar-refractivity contribution in [3.63, 3.8) is 0 Å². The van der Waals surface area contributed by atoms with E-state index in [4.69, 9.17) is 59.4 Å². The molecular formula is C12H24Fe2O12. The van der Waals surface area contributed by atoms with Gasteiger partial charge < -0.3 is 30.6 Å². The molecule has 160 valence electrons. The van der Waals surface area contributed by atoms with Crippen molar-refractivity contribution in [2.24, 2.45) is 0 Å². The van der Waals surface area contributed by atoms with E-state index in [1.54, 1.807) is 0 Å². The summed E-state index contributed by atoms with van der Waals surface area (Å²) in [5.41, 5.74) is 0. The van der Waals surface area contributed by atoms with Gasteiger partial charge in [-0.25, -0.2) is 0 Å². The molecule has 6 N–H and O–H groups in total. The Kier molecular flexibility index (Phi) is 82.8. The predicted molar refractivity (Wildman–Crippen MR) is 79.9 cm³/mol. The summed E-state index contributed by atoms with van der Waals surface area (Å²) in [6.45, 7) is 6.50. The Morgan fingerprint density at radius 2 is 0.346 bits per heavy atom. The van der Waals surface area contributed by atoms with Gasteiger partial charge in [-0.15, -0.1) is 0 Å². The maximum atomic E-state index is 9.00. The van der Waals surface area contributed by atoms with E-state index in [2.05, 4.69) is 0 Å². The van der Waals surface area contributed by atoms with Crippen LogP contribution in [0.1, 0.15) is 41.5 Å². The van der Waals surface area contributed by atoms with E-state index < -0.39 is 35.8 Å². The first-order valence-electron chi connectivity index (χ1n) is 5.57. The molecule has 0 rings (SSSR count). The van der Waals surface area contributed by atoms with Gasteiger partial charge in [-0.3, -0.25) is 28.8 Å². The van der Waals surface area contributed by atoms with Crippen molar-refractivity contribution in [2.45, 2.75) is 41.5 Å². The summed E-state index contributed by atoms with van der Waals surface area (Å²) in [6, 6.07) is 0. The van der Waals surface area contributed by atoms with E-state index >= 15 is 0 Å². The first-order chi connectivity index (χ1) is 10.4. The number of hydrogen-bond donors (Lipinski definition) is 6. The second kappa shape index (κ2) is 43.4. The summed E-state index contributed by atoms with van der Waals surface area (Å²) in [5.74, 6) is -5.00. The second-order valence-corrected chi connectivity index (χ2v) is 3.11. The fraction of sp³-hybridized carbons (Fsp3) is 0.500. The zero-order valence-electron chi connectivity index (χ0n) is 14.8. The Bertz CT molecular complexity index is 265.